The van der Waals surface area contributed by atoms with Gasteiger partial charge in [0.1, 0.15) is 5.69 Å². The molecule has 1 aromatic rings. The summed E-state index contributed by atoms with van der Waals surface area (Å²) in [7, 11) is 0. The molecule has 1 rings (SSSR count). The second-order valence-corrected chi connectivity index (χ2v) is 3.52. The largest absolute Gasteiger partial charge is 0.351 e. The van der Waals surface area contributed by atoms with Crippen molar-refractivity contribution in [1.29, 1.82) is 0 Å². The smallest absolute Gasteiger partial charge is 0.287 e. The third-order valence-electron chi connectivity index (χ3n) is 2.33. The molecule has 0 bridgehead atoms. The lowest BCUT2D eigenvalue weighted by atomic mass is 10.3. The fourth-order valence-electron chi connectivity index (χ4n) is 1.44. The van der Waals surface area contributed by atoms with E-state index in [4.69, 9.17) is 5.73 Å². The van der Waals surface area contributed by atoms with Crippen molar-refractivity contribution in [3.63, 3.8) is 0 Å². The van der Waals surface area contributed by atoms with Gasteiger partial charge in [-0.25, -0.2) is 0 Å². The van der Waals surface area contributed by atoms with Crippen molar-refractivity contribution in [3.05, 3.63) is 28.1 Å². The second kappa shape index (κ2) is 6.00. The molecule has 7 nitrogen and oxygen atoms in total. The molecule has 0 saturated carbocycles. The van der Waals surface area contributed by atoms with E-state index in [-0.39, 0.29) is 11.6 Å². The highest BCUT2D eigenvalue weighted by atomic mass is 16.6. The van der Waals surface area contributed by atoms with Crippen molar-refractivity contribution < 1.29 is 9.72 Å². The molecule has 1 aromatic heterocycles. The Morgan fingerprint density at radius 1 is 1.65 bits per heavy atom. The van der Waals surface area contributed by atoms with Gasteiger partial charge in [0.25, 0.3) is 11.6 Å². The van der Waals surface area contributed by atoms with Crippen LogP contribution in [0.3, 0.4) is 0 Å². The summed E-state index contributed by atoms with van der Waals surface area (Å²) in [4.78, 5) is 21.8. The number of hydrogen-bond acceptors (Lipinski definition) is 4. The molecule has 94 valence electrons. The van der Waals surface area contributed by atoms with Crippen molar-refractivity contribution in [2.45, 2.75) is 19.9 Å². The van der Waals surface area contributed by atoms with E-state index in [1.54, 1.807) is 4.57 Å². The summed E-state index contributed by atoms with van der Waals surface area (Å²) in [6.45, 7) is 3.29. The molecule has 7 heteroatoms. The van der Waals surface area contributed by atoms with Gasteiger partial charge in [0.15, 0.2) is 0 Å². The molecule has 0 saturated heterocycles. The van der Waals surface area contributed by atoms with Gasteiger partial charge in [-0.2, -0.15) is 0 Å². The quantitative estimate of drug-likeness (QED) is 0.429. The first-order valence-corrected chi connectivity index (χ1v) is 5.43. The predicted octanol–water partition coefficient (Wildman–Crippen LogP) is 0.495. The fourth-order valence-corrected chi connectivity index (χ4v) is 1.44. The number of aryl methyl sites for hydroxylation is 1. The van der Waals surface area contributed by atoms with Crippen molar-refractivity contribution in [2.24, 2.45) is 5.73 Å². The number of amides is 1. The average molecular weight is 240 g/mol. The first-order chi connectivity index (χ1) is 8.10. The molecule has 3 N–H and O–H groups in total. The molecule has 0 atom stereocenters. The number of nitrogens with one attached hydrogen (secondary N) is 1. The Labute approximate surface area is 98.7 Å². The van der Waals surface area contributed by atoms with E-state index in [1.165, 1.54) is 12.3 Å². The summed E-state index contributed by atoms with van der Waals surface area (Å²) in [6.07, 6.45) is 2.04. The molecule has 0 aliphatic heterocycles. The van der Waals surface area contributed by atoms with Crippen molar-refractivity contribution in [1.82, 2.24) is 9.88 Å². The van der Waals surface area contributed by atoms with Crippen LogP contribution in [0, 0.1) is 10.1 Å². The predicted molar refractivity (Wildman–Crippen MR) is 62.8 cm³/mol. The number of nitrogens with zero attached hydrogens (tertiary/aromatic N) is 2. The molecule has 0 aliphatic carbocycles. The van der Waals surface area contributed by atoms with Gasteiger partial charge in [0.05, 0.1) is 11.1 Å². The Kier molecular flexibility index (Phi) is 4.65. The molecule has 0 spiro atoms. The van der Waals surface area contributed by atoms with Crippen molar-refractivity contribution in [3.8, 4) is 0 Å². The van der Waals surface area contributed by atoms with Gasteiger partial charge in [0, 0.05) is 19.2 Å². The number of aromatic nitrogens is 1. The maximum absolute atomic E-state index is 11.7. The van der Waals surface area contributed by atoms with Gasteiger partial charge in [-0.05, 0) is 19.9 Å². The standard InChI is InChI=1S/C10H16N4O3/c1-2-13-7-8(14(16)17)6-9(13)10(15)12-5-3-4-11/h6-7H,2-5,11H2,1H3,(H,12,15). The Hall–Kier alpha value is -1.89. The molecule has 17 heavy (non-hydrogen) atoms. The van der Waals surface area contributed by atoms with Crippen LogP contribution < -0.4 is 11.1 Å². The first-order valence-electron chi connectivity index (χ1n) is 5.43. The Bertz CT molecular complexity index is 414. The zero-order chi connectivity index (χ0) is 12.8. The maximum atomic E-state index is 11.7. The third kappa shape index (κ3) is 3.28. The SMILES string of the molecule is CCn1cc([N+](=O)[O-])cc1C(=O)NCCCN. The summed E-state index contributed by atoms with van der Waals surface area (Å²) in [5.74, 6) is -0.312. The minimum absolute atomic E-state index is 0.0733. The minimum Gasteiger partial charge on any atom is -0.351 e. The molecule has 0 aliphatic rings. The molecular formula is C10H16N4O3. The number of nitrogens with two attached hydrogens (primary N) is 1. The number of carbonyl (C=O) groups excluding carboxylic acids is 1. The summed E-state index contributed by atoms with van der Waals surface area (Å²) < 4.78 is 1.55. The van der Waals surface area contributed by atoms with E-state index in [0.717, 1.165) is 0 Å². The van der Waals surface area contributed by atoms with Crippen LogP contribution in [0.15, 0.2) is 12.3 Å². The van der Waals surface area contributed by atoms with E-state index in [2.05, 4.69) is 5.32 Å². The van der Waals surface area contributed by atoms with Crippen LogP contribution in [0.5, 0.6) is 0 Å². The monoisotopic (exact) mass is 240 g/mol. The highest BCUT2D eigenvalue weighted by Gasteiger charge is 2.17. The average Bonchev–Trinajstić information content (AvgIpc) is 2.73. The lowest BCUT2D eigenvalue weighted by Crippen LogP contribution is -2.27. The van der Waals surface area contributed by atoms with Crippen LogP contribution in [0.25, 0.3) is 0 Å². The molecule has 1 amide bonds. The zero-order valence-corrected chi connectivity index (χ0v) is 9.68. The van der Waals surface area contributed by atoms with Crippen molar-refractivity contribution in [2.75, 3.05) is 13.1 Å². The summed E-state index contributed by atoms with van der Waals surface area (Å²) in [5.41, 5.74) is 5.54. The zero-order valence-electron chi connectivity index (χ0n) is 9.68. The highest BCUT2D eigenvalue weighted by Crippen LogP contribution is 2.16. The molecule has 0 radical (unpaired) electrons. The number of nitro groups is 1. The lowest BCUT2D eigenvalue weighted by molar-refractivity contribution is -0.384. The van der Waals surface area contributed by atoms with Crippen LogP contribution in [0.4, 0.5) is 5.69 Å². The molecule has 0 aromatic carbocycles. The van der Waals surface area contributed by atoms with Crippen LogP contribution in [-0.4, -0.2) is 28.5 Å². The van der Waals surface area contributed by atoms with Gasteiger partial charge < -0.3 is 15.6 Å². The normalized spacial score (nSPS) is 10.2. The van der Waals surface area contributed by atoms with Crippen LogP contribution in [0.2, 0.25) is 0 Å². The minimum atomic E-state index is -0.511. The van der Waals surface area contributed by atoms with Crippen LogP contribution in [-0.2, 0) is 6.54 Å². The van der Waals surface area contributed by atoms with Crippen molar-refractivity contribution >= 4 is 11.6 Å². The fraction of sp³-hybridized carbons (Fsp3) is 0.500. The summed E-state index contributed by atoms with van der Waals surface area (Å²) >= 11 is 0. The number of hydrogen-bond donors (Lipinski definition) is 2. The van der Waals surface area contributed by atoms with Crippen LogP contribution in [0.1, 0.15) is 23.8 Å². The maximum Gasteiger partial charge on any atom is 0.287 e. The summed E-state index contributed by atoms with van der Waals surface area (Å²) in [6, 6.07) is 1.28. The third-order valence-corrected chi connectivity index (χ3v) is 2.33. The highest BCUT2D eigenvalue weighted by molar-refractivity contribution is 5.93. The summed E-state index contributed by atoms with van der Waals surface area (Å²) in [5, 5.41) is 13.3. The van der Waals surface area contributed by atoms with Gasteiger partial charge in [-0.3, -0.25) is 14.9 Å². The Morgan fingerprint density at radius 3 is 2.88 bits per heavy atom. The van der Waals surface area contributed by atoms with Crippen LogP contribution >= 0.6 is 0 Å². The topological polar surface area (TPSA) is 103 Å². The molecular weight excluding hydrogens is 224 g/mol. The number of rotatable bonds is 6. The lowest BCUT2D eigenvalue weighted by Gasteiger charge is -2.06. The Morgan fingerprint density at radius 2 is 2.35 bits per heavy atom. The van der Waals surface area contributed by atoms with E-state index < -0.39 is 4.92 Å². The second-order valence-electron chi connectivity index (χ2n) is 3.52. The van der Waals surface area contributed by atoms with Gasteiger partial charge in [0.2, 0.25) is 0 Å². The van der Waals surface area contributed by atoms with E-state index in [9.17, 15) is 14.9 Å². The van der Waals surface area contributed by atoms with E-state index >= 15 is 0 Å². The molecule has 1 heterocycles. The van der Waals surface area contributed by atoms with E-state index in [0.29, 0.717) is 31.7 Å². The van der Waals surface area contributed by atoms with Gasteiger partial charge in [-0.1, -0.05) is 0 Å². The van der Waals surface area contributed by atoms with Gasteiger partial charge in [-0.15, -0.1) is 0 Å². The number of carbonyl (C=O) groups is 1. The molecule has 0 unspecified atom stereocenters. The van der Waals surface area contributed by atoms with E-state index in [1.807, 2.05) is 6.92 Å². The molecule has 0 fully saturated rings. The Balaban J connectivity index is 2.81. The first kappa shape index (κ1) is 13.2. The van der Waals surface area contributed by atoms with Gasteiger partial charge >= 0.3 is 0 Å².